The second-order valence-corrected chi connectivity index (χ2v) is 9.38. The van der Waals surface area contributed by atoms with Gasteiger partial charge in [0.15, 0.2) is 6.10 Å². The van der Waals surface area contributed by atoms with E-state index in [1.54, 1.807) is 19.1 Å². The van der Waals surface area contributed by atoms with Crippen LogP contribution < -0.4 is 5.32 Å². The van der Waals surface area contributed by atoms with Crippen molar-refractivity contribution in [1.29, 1.82) is 0 Å². The number of carbonyl (C=O) groups excluding carboxylic acids is 2. The number of halogens is 1. The Bertz CT molecular complexity index is 606. The van der Waals surface area contributed by atoms with E-state index in [1.807, 2.05) is 34.6 Å². The molecule has 0 aromatic heterocycles. The number of benzene rings is 1. The highest BCUT2D eigenvalue weighted by Crippen LogP contribution is 2.39. The van der Waals surface area contributed by atoms with Crippen LogP contribution in [0.4, 0.5) is 5.69 Å². The largest absolute Gasteiger partial charge is 0.453 e. The van der Waals surface area contributed by atoms with E-state index >= 15 is 0 Å². The lowest BCUT2D eigenvalue weighted by atomic mass is 10.1. The molecular formula is C18H24ClNO3S2. The van der Waals surface area contributed by atoms with Gasteiger partial charge in [-0.05, 0) is 50.8 Å². The number of carbonyl (C=O) groups is 2. The van der Waals surface area contributed by atoms with Crippen LogP contribution in [0.1, 0.15) is 44.6 Å². The molecule has 1 aromatic rings. The van der Waals surface area contributed by atoms with Gasteiger partial charge in [-0.25, -0.2) is 0 Å². The molecule has 2 atom stereocenters. The van der Waals surface area contributed by atoms with Crippen LogP contribution in [-0.4, -0.2) is 29.0 Å². The number of anilines is 1. The highest BCUT2D eigenvalue weighted by Gasteiger charge is 2.19. The van der Waals surface area contributed by atoms with Gasteiger partial charge >= 0.3 is 5.97 Å². The first-order valence-electron chi connectivity index (χ1n) is 8.50. The van der Waals surface area contributed by atoms with Gasteiger partial charge < -0.3 is 10.1 Å². The molecule has 0 aliphatic carbocycles. The van der Waals surface area contributed by atoms with Crippen LogP contribution in [0.2, 0.25) is 5.02 Å². The third kappa shape index (κ3) is 7.12. The maximum absolute atomic E-state index is 12.2. The summed E-state index contributed by atoms with van der Waals surface area (Å²) >= 11 is 5.94. The summed E-state index contributed by atoms with van der Waals surface area (Å²) in [5.41, 5.74) is 1.53. The first kappa shape index (κ1) is 20.5. The van der Waals surface area contributed by atoms with E-state index in [2.05, 4.69) is 5.32 Å². The molecule has 0 unspecified atom stereocenters. The number of amides is 1. The molecule has 0 bridgehead atoms. The highest BCUT2D eigenvalue weighted by molar-refractivity contribution is 8.77. The first-order valence-corrected chi connectivity index (χ1v) is 11.3. The van der Waals surface area contributed by atoms with E-state index in [1.165, 1.54) is 12.2 Å². The van der Waals surface area contributed by atoms with Crippen molar-refractivity contribution >= 4 is 50.8 Å². The zero-order valence-electron chi connectivity index (χ0n) is 14.5. The molecule has 0 saturated carbocycles. The lowest BCUT2D eigenvalue weighted by molar-refractivity contribution is -0.153. The Morgan fingerprint density at radius 1 is 1.40 bits per heavy atom. The van der Waals surface area contributed by atoms with Gasteiger partial charge in [0, 0.05) is 28.1 Å². The Kier molecular flexibility index (Phi) is 8.46. The molecule has 0 radical (unpaired) electrons. The molecule has 1 aromatic carbocycles. The second kappa shape index (κ2) is 10.3. The van der Waals surface area contributed by atoms with E-state index in [0.717, 1.165) is 30.1 Å². The van der Waals surface area contributed by atoms with Crippen LogP contribution in [0, 0.1) is 6.92 Å². The Morgan fingerprint density at radius 3 is 2.92 bits per heavy atom. The molecule has 25 heavy (non-hydrogen) atoms. The first-order chi connectivity index (χ1) is 12.0. The van der Waals surface area contributed by atoms with Crippen LogP contribution in [-0.2, 0) is 14.3 Å². The van der Waals surface area contributed by atoms with Crippen molar-refractivity contribution in [2.24, 2.45) is 0 Å². The average molecular weight is 402 g/mol. The SMILES string of the molecule is Cc1ccc(Cl)cc1NC(=O)[C@H](C)OC(=O)CCCC[C@@H]1CCSS1. The van der Waals surface area contributed by atoms with Crippen molar-refractivity contribution in [3.63, 3.8) is 0 Å². The lowest BCUT2D eigenvalue weighted by Crippen LogP contribution is -2.30. The zero-order valence-corrected chi connectivity index (χ0v) is 16.9. The lowest BCUT2D eigenvalue weighted by Gasteiger charge is -2.15. The Labute approximate surface area is 162 Å². The number of nitrogens with one attached hydrogen (secondary N) is 1. The minimum Gasteiger partial charge on any atom is -0.453 e. The molecule has 0 spiro atoms. The summed E-state index contributed by atoms with van der Waals surface area (Å²) in [5.74, 6) is 0.563. The van der Waals surface area contributed by atoms with Crippen molar-refractivity contribution in [1.82, 2.24) is 0 Å². The predicted octanol–water partition coefficient (Wildman–Crippen LogP) is 5.23. The van der Waals surface area contributed by atoms with Gasteiger partial charge in [-0.15, -0.1) is 0 Å². The van der Waals surface area contributed by atoms with E-state index in [-0.39, 0.29) is 11.9 Å². The standard InChI is InChI=1S/C18H24ClNO3S2/c1-12-7-8-14(19)11-16(12)20-18(22)13(2)23-17(21)6-4-3-5-15-9-10-24-25-15/h7-8,11,13,15H,3-6,9-10H2,1-2H3,(H,20,22)/t13-,15+/m0/s1. The molecule has 1 amide bonds. The van der Waals surface area contributed by atoms with E-state index in [9.17, 15) is 9.59 Å². The molecule has 1 N–H and O–H groups in total. The normalized spacial score (nSPS) is 18.0. The van der Waals surface area contributed by atoms with Crippen LogP contribution in [0.5, 0.6) is 0 Å². The molecule has 1 saturated heterocycles. The monoisotopic (exact) mass is 401 g/mol. The summed E-state index contributed by atoms with van der Waals surface area (Å²) in [7, 11) is 3.89. The Morgan fingerprint density at radius 2 is 2.20 bits per heavy atom. The molecule has 2 rings (SSSR count). The molecule has 1 heterocycles. The number of unbranched alkanes of at least 4 members (excludes halogenated alkanes) is 1. The summed E-state index contributed by atoms with van der Waals surface area (Å²) in [6.07, 6.45) is 3.78. The molecule has 4 nitrogen and oxygen atoms in total. The van der Waals surface area contributed by atoms with Crippen LogP contribution in [0.3, 0.4) is 0 Å². The maximum atomic E-state index is 12.2. The fraction of sp³-hybridized carbons (Fsp3) is 0.556. The van der Waals surface area contributed by atoms with Crippen molar-refractivity contribution < 1.29 is 14.3 Å². The summed E-state index contributed by atoms with van der Waals surface area (Å²) in [5, 5.41) is 4.03. The fourth-order valence-electron chi connectivity index (χ4n) is 2.48. The number of hydrogen-bond donors (Lipinski definition) is 1. The van der Waals surface area contributed by atoms with Crippen molar-refractivity contribution in [2.75, 3.05) is 11.1 Å². The van der Waals surface area contributed by atoms with Crippen molar-refractivity contribution in [3.8, 4) is 0 Å². The minimum atomic E-state index is -0.826. The highest BCUT2D eigenvalue weighted by atomic mass is 35.5. The van der Waals surface area contributed by atoms with E-state index in [0.29, 0.717) is 17.1 Å². The molecule has 1 aliphatic rings. The van der Waals surface area contributed by atoms with Crippen molar-refractivity contribution in [3.05, 3.63) is 28.8 Å². The number of ether oxygens (including phenoxy) is 1. The summed E-state index contributed by atoms with van der Waals surface area (Å²) in [6.45, 7) is 3.46. The summed E-state index contributed by atoms with van der Waals surface area (Å²) < 4.78 is 5.23. The minimum absolute atomic E-state index is 0.320. The smallest absolute Gasteiger partial charge is 0.306 e. The third-order valence-electron chi connectivity index (χ3n) is 4.02. The van der Waals surface area contributed by atoms with Crippen LogP contribution >= 0.6 is 33.2 Å². The van der Waals surface area contributed by atoms with Crippen LogP contribution in [0.15, 0.2) is 18.2 Å². The second-order valence-electron chi connectivity index (χ2n) is 6.16. The number of esters is 1. The third-order valence-corrected chi connectivity index (χ3v) is 7.26. The van der Waals surface area contributed by atoms with E-state index in [4.69, 9.17) is 16.3 Å². The molecule has 1 fully saturated rings. The van der Waals surface area contributed by atoms with Gasteiger partial charge in [-0.3, -0.25) is 9.59 Å². The fourth-order valence-corrected chi connectivity index (χ4v) is 5.68. The van der Waals surface area contributed by atoms with Gasteiger partial charge in [0.25, 0.3) is 5.91 Å². The quantitative estimate of drug-likeness (QED) is 0.367. The summed E-state index contributed by atoms with van der Waals surface area (Å²) in [4.78, 5) is 24.1. The van der Waals surface area contributed by atoms with Gasteiger partial charge in [-0.1, -0.05) is 45.7 Å². The summed E-state index contributed by atoms with van der Waals surface area (Å²) in [6, 6.07) is 5.27. The zero-order chi connectivity index (χ0) is 18.2. The average Bonchev–Trinajstić information content (AvgIpc) is 3.08. The topological polar surface area (TPSA) is 55.4 Å². The number of aryl methyl sites for hydroxylation is 1. The van der Waals surface area contributed by atoms with Crippen LogP contribution in [0.25, 0.3) is 0 Å². The predicted molar refractivity (Wildman–Crippen MR) is 107 cm³/mol. The van der Waals surface area contributed by atoms with Gasteiger partial charge in [0.2, 0.25) is 0 Å². The Balaban J connectivity index is 1.68. The van der Waals surface area contributed by atoms with Crippen molar-refractivity contribution in [2.45, 2.75) is 57.3 Å². The van der Waals surface area contributed by atoms with Gasteiger partial charge in [-0.2, -0.15) is 0 Å². The maximum Gasteiger partial charge on any atom is 0.306 e. The molecule has 138 valence electrons. The van der Waals surface area contributed by atoms with Gasteiger partial charge in [0.05, 0.1) is 0 Å². The van der Waals surface area contributed by atoms with E-state index < -0.39 is 6.10 Å². The van der Waals surface area contributed by atoms with Gasteiger partial charge in [0.1, 0.15) is 0 Å². The molecular weight excluding hydrogens is 378 g/mol. The number of hydrogen-bond acceptors (Lipinski definition) is 5. The molecule has 7 heteroatoms. The molecule has 1 aliphatic heterocycles. The Hall–Kier alpha value is -0.850. The number of rotatable bonds is 8.